The van der Waals surface area contributed by atoms with E-state index in [0.717, 1.165) is 68.7 Å². The van der Waals surface area contributed by atoms with E-state index in [0.29, 0.717) is 12.0 Å². The van der Waals surface area contributed by atoms with Crippen LogP contribution < -0.4 is 10.6 Å². The summed E-state index contributed by atoms with van der Waals surface area (Å²) in [7, 11) is 0. The number of aliphatic imine (C=N–C) groups is 2. The molecule has 1 aliphatic carbocycles. The Morgan fingerprint density at radius 2 is 2.17 bits per heavy atom. The molecule has 0 bridgehead atoms. The summed E-state index contributed by atoms with van der Waals surface area (Å²) in [4.78, 5) is 21.5. The van der Waals surface area contributed by atoms with Crippen LogP contribution in [0.4, 0.5) is 0 Å². The summed E-state index contributed by atoms with van der Waals surface area (Å²) >= 11 is 0. The Morgan fingerprint density at radius 1 is 1.38 bits per heavy atom. The average molecular weight is 328 g/mol. The highest BCUT2D eigenvalue weighted by atomic mass is 16.1. The van der Waals surface area contributed by atoms with E-state index in [1.807, 2.05) is 19.2 Å². The molecule has 0 radical (unpaired) electrons. The van der Waals surface area contributed by atoms with Crippen molar-refractivity contribution < 1.29 is 4.79 Å². The highest BCUT2D eigenvalue weighted by Crippen LogP contribution is 2.32. The molecule has 0 aromatic carbocycles. The summed E-state index contributed by atoms with van der Waals surface area (Å²) in [5.74, 6) is 0.792. The van der Waals surface area contributed by atoms with Gasteiger partial charge in [0.1, 0.15) is 0 Å². The zero-order valence-electron chi connectivity index (χ0n) is 14.6. The van der Waals surface area contributed by atoms with Gasteiger partial charge >= 0.3 is 0 Å². The van der Waals surface area contributed by atoms with E-state index in [1.54, 1.807) is 0 Å². The standard InChI is InChI=1S/C19H28N4O/c1-3-21-17-9-11-22-18(13(17)2)14-4-6-15(7-5-14)19(24)23-16-8-10-20-12-16/h9,11,14-16,20H,2-8,10,12H2,1H3,(H,23,24)/t14?,15?,16-/m0/s1. The molecule has 24 heavy (non-hydrogen) atoms. The van der Waals surface area contributed by atoms with Crippen LogP contribution in [0.3, 0.4) is 0 Å². The third-order valence-corrected chi connectivity index (χ3v) is 5.28. The van der Waals surface area contributed by atoms with Crippen molar-refractivity contribution in [2.75, 3.05) is 19.6 Å². The molecule has 0 aromatic heterocycles. The number of allylic oxidation sites excluding steroid dienone is 2. The molecule has 0 unspecified atom stereocenters. The maximum absolute atomic E-state index is 12.4. The number of amides is 1. The lowest BCUT2D eigenvalue weighted by Gasteiger charge is -2.30. The molecule has 130 valence electrons. The van der Waals surface area contributed by atoms with Crippen LogP contribution in [0.2, 0.25) is 0 Å². The van der Waals surface area contributed by atoms with E-state index in [9.17, 15) is 4.79 Å². The summed E-state index contributed by atoms with van der Waals surface area (Å²) < 4.78 is 0. The lowest BCUT2D eigenvalue weighted by Crippen LogP contribution is -2.41. The van der Waals surface area contributed by atoms with Crippen molar-refractivity contribution in [3.05, 3.63) is 24.4 Å². The second-order valence-electron chi connectivity index (χ2n) is 6.92. The number of hydrogen-bond acceptors (Lipinski definition) is 4. The first-order valence-corrected chi connectivity index (χ1v) is 9.18. The molecule has 1 saturated carbocycles. The molecular weight excluding hydrogens is 300 g/mol. The minimum absolute atomic E-state index is 0.152. The van der Waals surface area contributed by atoms with Gasteiger partial charge in [0.15, 0.2) is 0 Å². The highest BCUT2D eigenvalue weighted by molar-refractivity contribution is 6.29. The van der Waals surface area contributed by atoms with Crippen molar-refractivity contribution in [1.82, 2.24) is 10.6 Å². The third kappa shape index (κ3) is 3.83. The molecule has 0 spiro atoms. The number of rotatable bonds is 4. The SMILES string of the molecule is C=C1C(=NCC)C=CN=C1C1CCC(C(=O)N[C@H]2CCNC2)CC1. The Kier molecular flexibility index (Phi) is 5.61. The molecule has 1 saturated heterocycles. The van der Waals surface area contributed by atoms with Gasteiger partial charge in [0.25, 0.3) is 0 Å². The Morgan fingerprint density at radius 3 is 2.83 bits per heavy atom. The lowest BCUT2D eigenvalue weighted by molar-refractivity contribution is -0.126. The number of nitrogens with zero attached hydrogens (tertiary/aromatic N) is 2. The molecule has 1 atom stereocenters. The van der Waals surface area contributed by atoms with Gasteiger partial charge in [-0.2, -0.15) is 0 Å². The second-order valence-corrected chi connectivity index (χ2v) is 6.92. The summed E-state index contributed by atoms with van der Waals surface area (Å²) in [6.07, 6.45) is 8.70. The van der Waals surface area contributed by atoms with Crippen LogP contribution in [0.5, 0.6) is 0 Å². The summed E-state index contributed by atoms with van der Waals surface area (Å²) in [5.41, 5.74) is 2.99. The maximum atomic E-state index is 12.4. The monoisotopic (exact) mass is 328 g/mol. The maximum Gasteiger partial charge on any atom is 0.223 e. The minimum Gasteiger partial charge on any atom is -0.352 e. The topological polar surface area (TPSA) is 65.8 Å². The molecule has 2 heterocycles. The quantitative estimate of drug-likeness (QED) is 0.831. The summed E-state index contributed by atoms with van der Waals surface area (Å²) in [5, 5.41) is 6.49. The van der Waals surface area contributed by atoms with Gasteiger partial charge in [-0.3, -0.25) is 14.8 Å². The normalized spacial score (nSPS) is 32.0. The van der Waals surface area contributed by atoms with Gasteiger partial charge < -0.3 is 10.6 Å². The van der Waals surface area contributed by atoms with E-state index >= 15 is 0 Å². The number of hydrogen-bond donors (Lipinski definition) is 2. The first kappa shape index (κ1) is 17.1. The Hall–Kier alpha value is -1.75. The van der Waals surface area contributed by atoms with Crippen molar-refractivity contribution in [1.29, 1.82) is 0 Å². The fourth-order valence-electron chi connectivity index (χ4n) is 3.89. The van der Waals surface area contributed by atoms with Crippen LogP contribution in [0.1, 0.15) is 39.0 Å². The van der Waals surface area contributed by atoms with E-state index in [1.165, 1.54) is 0 Å². The first-order chi connectivity index (χ1) is 11.7. The molecule has 1 amide bonds. The fraction of sp³-hybridized carbons (Fsp3) is 0.632. The predicted octanol–water partition coefficient (Wildman–Crippen LogP) is 2.26. The van der Waals surface area contributed by atoms with Gasteiger partial charge in [0.05, 0.1) is 11.4 Å². The van der Waals surface area contributed by atoms with E-state index in [4.69, 9.17) is 0 Å². The molecule has 5 nitrogen and oxygen atoms in total. The van der Waals surface area contributed by atoms with Crippen LogP contribution in [0.25, 0.3) is 0 Å². The molecular formula is C19H28N4O. The Balaban J connectivity index is 1.54. The van der Waals surface area contributed by atoms with Crippen molar-refractivity contribution in [3.63, 3.8) is 0 Å². The van der Waals surface area contributed by atoms with Crippen LogP contribution in [-0.4, -0.2) is 43.0 Å². The first-order valence-electron chi connectivity index (χ1n) is 9.18. The van der Waals surface area contributed by atoms with Gasteiger partial charge in [-0.15, -0.1) is 0 Å². The van der Waals surface area contributed by atoms with Crippen molar-refractivity contribution in [2.45, 2.75) is 45.1 Å². The number of carbonyl (C=O) groups excluding carboxylic acids is 1. The van der Waals surface area contributed by atoms with E-state index in [2.05, 4.69) is 27.2 Å². The molecule has 3 rings (SSSR count). The predicted molar refractivity (Wildman–Crippen MR) is 98.6 cm³/mol. The Labute approximate surface area is 144 Å². The largest absolute Gasteiger partial charge is 0.352 e. The molecule has 2 aliphatic heterocycles. The van der Waals surface area contributed by atoms with Crippen LogP contribution in [0.15, 0.2) is 34.4 Å². The van der Waals surface area contributed by atoms with E-state index < -0.39 is 0 Å². The summed E-state index contributed by atoms with van der Waals surface area (Å²) in [6.45, 7) is 8.90. The molecule has 2 fully saturated rings. The van der Waals surface area contributed by atoms with Gasteiger partial charge in [-0.05, 0) is 51.6 Å². The smallest absolute Gasteiger partial charge is 0.223 e. The molecule has 5 heteroatoms. The number of carbonyl (C=O) groups is 1. The average Bonchev–Trinajstić information content (AvgIpc) is 3.10. The minimum atomic E-state index is 0.152. The summed E-state index contributed by atoms with van der Waals surface area (Å²) in [6, 6.07) is 0.315. The second kappa shape index (κ2) is 7.88. The van der Waals surface area contributed by atoms with Crippen molar-refractivity contribution >= 4 is 17.3 Å². The van der Waals surface area contributed by atoms with Gasteiger partial charge in [-0.1, -0.05) is 6.58 Å². The van der Waals surface area contributed by atoms with Crippen LogP contribution >= 0.6 is 0 Å². The fourth-order valence-corrected chi connectivity index (χ4v) is 3.89. The van der Waals surface area contributed by atoms with Crippen LogP contribution in [-0.2, 0) is 4.79 Å². The zero-order chi connectivity index (χ0) is 16.9. The van der Waals surface area contributed by atoms with E-state index in [-0.39, 0.29) is 11.8 Å². The molecule has 2 N–H and O–H groups in total. The number of nitrogens with one attached hydrogen (secondary N) is 2. The van der Waals surface area contributed by atoms with Crippen molar-refractivity contribution in [3.8, 4) is 0 Å². The van der Waals surface area contributed by atoms with Gasteiger partial charge in [0, 0.05) is 42.7 Å². The van der Waals surface area contributed by atoms with Gasteiger partial charge in [0.2, 0.25) is 5.91 Å². The molecule has 3 aliphatic rings. The zero-order valence-corrected chi connectivity index (χ0v) is 14.6. The lowest BCUT2D eigenvalue weighted by atomic mass is 9.77. The van der Waals surface area contributed by atoms with Crippen LogP contribution in [0, 0.1) is 11.8 Å². The third-order valence-electron chi connectivity index (χ3n) is 5.28. The molecule has 0 aromatic rings. The highest BCUT2D eigenvalue weighted by Gasteiger charge is 2.31. The Bertz CT molecular complexity index is 576. The van der Waals surface area contributed by atoms with Crippen molar-refractivity contribution in [2.24, 2.45) is 21.8 Å². The van der Waals surface area contributed by atoms with Gasteiger partial charge in [-0.25, -0.2) is 0 Å².